The molecule has 23 heavy (non-hydrogen) atoms. The Kier molecular flexibility index (Phi) is 4.49. The van der Waals surface area contributed by atoms with Gasteiger partial charge in [0.2, 0.25) is 16.0 Å². The average molecular weight is 334 g/mol. The predicted octanol–water partition coefficient (Wildman–Crippen LogP) is 1.15. The number of hydrogen-bond acceptors (Lipinski definition) is 7. The van der Waals surface area contributed by atoms with Crippen molar-refractivity contribution in [1.29, 1.82) is 0 Å². The Morgan fingerprint density at radius 2 is 2.04 bits per heavy atom. The molecule has 3 rings (SSSR count). The molecule has 1 aliphatic heterocycles. The third kappa shape index (κ3) is 3.99. The molecule has 0 amide bonds. The van der Waals surface area contributed by atoms with E-state index >= 15 is 0 Å². The standard InChI is InChI=1S/C14H18N6O2S/c1-23(21,22)20-7-2-4-11(10-20)12-8-15-9-13(18-12)19-14-16-5-3-6-17-14/h3,5-6,8-9,11H,2,4,7,10H2,1H3,(H,16,17,18,19)/t11-/m1/s1. The molecular formula is C14H18N6O2S. The molecule has 122 valence electrons. The van der Waals surface area contributed by atoms with E-state index in [-0.39, 0.29) is 5.92 Å². The van der Waals surface area contributed by atoms with Crippen LogP contribution in [0.15, 0.2) is 30.9 Å². The van der Waals surface area contributed by atoms with Crippen LogP contribution in [0, 0.1) is 0 Å². The quantitative estimate of drug-likeness (QED) is 0.895. The van der Waals surface area contributed by atoms with Crippen LogP contribution in [0.2, 0.25) is 0 Å². The lowest BCUT2D eigenvalue weighted by Crippen LogP contribution is -2.38. The molecule has 0 aliphatic carbocycles. The van der Waals surface area contributed by atoms with Gasteiger partial charge in [-0.05, 0) is 18.9 Å². The van der Waals surface area contributed by atoms with Crippen LogP contribution >= 0.6 is 0 Å². The van der Waals surface area contributed by atoms with Crippen LogP contribution in [0.4, 0.5) is 11.8 Å². The number of hydrogen-bond donors (Lipinski definition) is 1. The SMILES string of the molecule is CS(=O)(=O)N1CCC[C@@H](c2cncc(Nc3ncccn3)n2)C1. The van der Waals surface area contributed by atoms with Crippen LogP contribution in [0.3, 0.4) is 0 Å². The van der Waals surface area contributed by atoms with E-state index in [1.165, 1.54) is 10.6 Å². The van der Waals surface area contributed by atoms with Gasteiger partial charge in [0, 0.05) is 37.6 Å². The molecule has 0 radical (unpaired) electrons. The number of sulfonamides is 1. The first-order valence-electron chi connectivity index (χ1n) is 7.33. The van der Waals surface area contributed by atoms with Gasteiger partial charge in [-0.2, -0.15) is 0 Å². The molecule has 2 aromatic heterocycles. The minimum Gasteiger partial charge on any atom is -0.307 e. The Labute approximate surface area is 135 Å². The molecule has 0 saturated carbocycles. The highest BCUT2D eigenvalue weighted by Crippen LogP contribution is 2.27. The Bertz CT molecular complexity index is 768. The Morgan fingerprint density at radius 3 is 2.78 bits per heavy atom. The van der Waals surface area contributed by atoms with Crippen LogP contribution < -0.4 is 5.32 Å². The van der Waals surface area contributed by atoms with Crippen molar-refractivity contribution in [3.63, 3.8) is 0 Å². The summed E-state index contributed by atoms with van der Waals surface area (Å²) >= 11 is 0. The van der Waals surface area contributed by atoms with Gasteiger partial charge in [0.15, 0.2) is 5.82 Å². The molecule has 1 fully saturated rings. The molecule has 1 atom stereocenters. The first-order chi connectivity index (χ1) is 11.0. The van der Waals surface area contributed by atoms with E-state index in [1.807, 2.05) is 0 Å². The maximum absolute atomic E-state index is 11.7. The van der Waals surface area contributed by atoms with E-state index < -0.39 is 10.0 Å². The molecule has 0 bridgehead atoms. The van der Waals surface area contributed by atoms with Crippen molar-refractivity contribution in [3.05, 3.63) is 36.5 Å². The lowest BCUT2D eigenvalue weighted by Gasteiger charge is -2.30. The van der Waals surface area contributed by atoms with Crippen LogP contribution in [0.25, 0.3) is 0 Å². The minimum atomic E-state index is -3.18. The summed E-state index contributed by atoms with van der Waals surface area (Å²) in [7, 11) is -3.18. The highest BCUT2D eigenvalue weighted by molar-refractivity contribution is 7.88. The van der Waals surface area contributed by atoms with Gasteiger partial charge in [0.05, 0.1) is 18.1 Å². The smallest absolute Gasteiger partial charge is 0.228 e. The van der Waals surface area contributed by atoms with Gasteiger partial charge in [-0.25, -0.2) is 27.7 Å². The summed E-state index contributed by atoms with van der Waals surface area (Å²) in [5, 5.41) is 3.00. The molecule has 2 aromatic rings. The fourth-order valence-corrected chi connectivity index (χ4v) is 3.51. The lowest BCUT2D eigenvalue weighted by atomic mass is 9.96. The van der Waals surface area contributed by atoms with Crippen LogP contribution in [0.5, 0.6) is 0 Å². The summed E-state index contributed by atoms with van der Waals surface area (Å²) in [6.07, 6.45) is 9.51. The first kappa shape index (κ1) is 15.8. The van der Waals surface area contributed by atoms with E-state index in [4.69, 9.17) is 0 Å². The predicted molar refractivity (Wildman–Crippen MR) is 85.7 cm³/mol. The molecule has 8 nitrogen and oxygen atoms in total. The van der Waals surface area contributed by atoms with E-state index in [0.29, 0.717) is 24.9 Å². The number of anilines is 2. The van der Waals surface area contributed by atoms with Crippen molar-refractivity contribution in [2.45, 2.75) is 18.8 Å². The van der Waals surface area contributed by atoms with Crippen molar-refractivity contribution in [2.75, 3.05) is 24.7 Å². The molecule has 0 unspecified atom stereocenters. The molecule has 1 saturated heterocycles. The molecule has 0 aromatic carbocycles. The molecule has 1 aliphatic rings. The van der Waals surface area contributed by atoms with Crippen molar-refractivity contribution in [1.82, 2.24) is 24.2 Å². The molecule has 9 heteroatoms. The summed E-state index contributed by atoms with van der Waals surface area (Å²) < 4.78 is 25.0. The lowest BCUT2D eigenvalue weighted by molar-refractivity contribution is 0.314. The highest BCUT2D eigenvalue weighted by Gasteiger charge is 2.27. The van der Waals surface area contributed by atoms with Gasteiger partial charge in [0.1, 0.15) is 0 Å². The van der Waals surface area contributed by atoms with Crippen LogP contribution in [-0.4, -0.2) is 52.0 Å². The molecule has 3 heterocycles. The van der Waals surface area contributed by atoms with Gasteiger partial charge < -0.3 is 5.32 Å². The van der Waals surface area contributed by atoms with Crippen molar-refractivity contribution in [3.8, 4) is 0 Å². The van der Waals surface area contributed by atoms with E-state index in [1.54, 1.807) is 30.9 Å². The summed E-state index contributed by atoms with van der Waals surface area (Å²) in [5.41, 5.74) is 0.777. The van der Waals surface area contributed by atoms with Crippen molar-refractivity contribution < 1.29 is 8.42 Å². The summed E-state index contributed by atoms with van der Waals surface area (Å²) in [5.74, 6) is 1.04. The van der Waals surface area contributed by atoms with Crippen molar-refractivity contribution in [2.24, 2.45) is 0 Å². The zero-order chi connectivity index (χ0) is 16.3. The maximum Gasteiger partial charge on any atom is 0.228 e. The van der Waals surface area contributed by atoms with Gasteiger partial charge in [-0.15, -0.1) is 0 Å². The zero-order valence-corrected chi connectivity index (χ0v) is 13.6. The third-order valence-corrected chi connectivity index (χ3v) is 5.00. The second-order valence-electron chi connectivity index (χ2n) is 5.49. The average Bonchev–Trinajstić information content (AvgIpc) is 2.55. The van der Waals surface area contributed by atoms with E-state index in [2.05, 4.69) is 25.3 Å². The number of piperidine rings is 1. The zero-order valence-electron chi connectivity index (χ0n) is 12.8. The second kappa shape index (κ2) is 6.55. The van der Waals surface area contributed by atoms with E-state index in [0.717, 1.165) is 18.5 Å². The molecule has 0 spiro atoms. The van der Waals surface area contributed by atoms with Gasteiger partial charge in [0.25, 0.3) is 0 Å². The monoisotopic (exact) mass is 334 g/mol. The Morgan fingerprint density at radius 1 is 1.26 bits per heavy atom. The Balaban J connectivity index is 1.77. The highest BCUT2D eigenvalue weighted by atomic mass is 32.2. The number of nitrogens with one attached hydrogen (secondary N) is 1. The summed E-state index contributed by atoms with van der Waals surface area (Å²) in [6, 6.07) is 1.73. The van der Waals surface area contributed by atoms with Gasteiger partial charge >= 0.3 is 0 Å². The largest absolute Gasteiger partial charge is 0.307 e. The second-order valence-corrected chi connectivity index (χ2v) is 7.47. The van der Waals surface area contributed by atoms with Crippen LogP contribution in [-0.2, 0) is 10.0 Å². The topological polar surface area (TPSA) is 101 Å². The maximum atomic E-state index is 11.7. The van der Waals surface area contributed by atoms with Gasteiger partial charge in [-0.1, -0.05) is 0 Å². The summed E-state index contributed by atoms with van der Waals surface area (Å²) in [6.45, 7) is 1.01. The number of rotatable bonds is 4. The fraction of sp³-hybridized carbons (Fsp3) is 0.429. The Hall–Kier alpha value is -2.13. The van der Waals surface area contributed by atoms with Gasteiger partial charge in [-0.3, -0.25) is 4.98 Å². The van der Waals surface area contributed by atoms with Crippen molar-refractivity contribution >= 4 is 21.8 Å². The minimum absolute atomic E-state index is 0.0458. The normalized spacial score (nSPS) is 19.4. The molecule has 1 N–H and O–H groups in total. The number of nitrogens with zero attached hydrogens (tertiary/aromatic N) is 5. The third-order valence-electron chi connectivity index (χ3n) is 3.73. The molecular weight excluding hydrogens is 316 g/mol. The number of aromatic nitrogens is 4. The van der Waals surface area contributed by atoms with Crippen LogP contribution in [0.1, 0.15) is 24.5 Å². The summed E-state index contributed by atoms with van der Waals surface area (Å²) in [4.78, 5) is 16.9. The first-order valence-corrected chi connectivity index (χ1v) is 9.18. The van der Waals surface area contributed by atoms with E-state index in [9.17, 15) is 8.42 Å². The fourth-order valence-electron chi connectivity index (χ4n) is 2.60.